The fourth-order valence-electron chi connectivity index (χ4n) is 3.43. The smallest absolute Gasteiger partial charge is 0.226 e. The minimum absolute atomic E-state index is 0.0995. The summed E-state index contributed by atoms with van der Waals surface area (Å²) in [4.78, 5) is 16.5. The molecule has 20 heavy (non-hydrogen) atoms. The van der Waals surface area contributed by atoms with Crippen molar-refractivity contribution in [1.29, 1.82) is 0 Å². The van der Waals surface area contributed by atoms with Crippen LogP contribution in [0.2, 0.25) is 0 Å². The highest BCUT2D eigenvalue weighted by atomic mass is 19.1. The number of amides is 1. The van der Waals surface area contributed by atoms with Crippen LogP contribution in [0.25, 0.3) is 0 Å². The molecule has 2 heterocycles. The number of hydrogen-bond acceptors (Lipinski definition) is 4. The molecule has 2 saturated heterocycles. The van der Waals surface area contributed by atoms with E-state index in [9.17, 15) is 9.18 Å². The molecule has 0 N–H and O–H groups in total. The Morgan fingerprint density at radius 1 is 1.40 bits per heavy atom. The standard InChI is InChI=1S/C14H23FN2O3/c1-19-4-2-16-3-5-20-13-9-17(8-12(13)16)14(18)10-6-11(15)7-10/h10-13H,2-9H2,1H3/t10?,11?,12-,13+/m1/s1. The minimum atomic E-state index is -0.775. The third kappa shape index (κ3) is 2.69. The van der Waals surface area contributed by atoms with Gasteiger partial charge in [0.1, 0.15) is 6.17 Å². The van der Waals surface area contributed by atoms with E-state index in [1.807, 2.05) is 4.90 Å². The summed E-state index contributed by atoms with van der Waals surface area (Å²) in [7, 11) is 1.70. The number of methoxy groups -OCH3 is 1. The third-order valence-corrected chi connectivity index (χ3v) is 4.74. The number of morpholine rings is 1. The van der Waals surface area contributed by atoms with Crippen molar-refractivity contribution in [2.45, 2.75) is 31.2 Å². The van der Waals surface area contributed by atoms with Crippen LogP contribution in [0.4, 0.5) is 4.39 Å². The van der Waals surface area contributed by atoms with E-state index in [1.54, 1.807) is 7.11 Å². The zero-order valence-corrected chi connectivity index (χ0v) is 12.0. The molecule has 0 spiro atoms. The van der Waals surface area contributed by atoms with Gasteiger partial charge >= 0.3 is 0 Å². The molecule has 3 rings (SSSR count). The first-order valence-electron chi connectivity index (χ1n) is 7.46. The lowest BCUT2D eigenvalue weighted by atomic mass is 9.82. The number of carbonyl (C=O) groups excluding carboxylic acids is 1. The van der Waals surface area contributed by atoms with Gasteiger partial charge in [-0.05, 0) is 12.8 Å². The van der Waals surface area contributed by atoms with E-state index in [4.69, 9.17) is 9.47 Å². The molecule has 5 nitrogen and oxygen atoms in total. The monoisotopic (exact) mass is 286 g/mol. The highest BCUT2D eigenvalue weighted by molar-refractivity contribution is 5.80. The minimum Gasteiger partial charge on any atom is -0.383 e. The first kappa shape index (κ1) is 14.2. The molecule has 114 valence electrons. The van der Waals surface area contributed by atoms with Crippen molar-refractivity contribution in [3.8, 4) is 0 Å². The fraction of sp³-hybridized carbons (Fsp3) is 0.929. The molecular weight excluding hydrogens is 263 g/mol. The van der Waals surface area contributed by atoms with Crippen LogP contribution in [0.5, 0.6) is 0 Å². The summed E-state index contributed by atoms with van der Waals surface area (Å²) in [6, 6.07) is 0.268. The molecule has 0 aromatic rings. The second-order valence-corrected chi connectivity index (χ2v) is 6.01. The number of rotatable bonds is 4. The van der Waals surface area contributed by atoms with Gasteiger partial charge in [-0.1, -0.05) is 0 Å². The number of halogens is 1. The zero-order chi connectivity index (χ0) is 14.1. The lowest BCUT2D eigenvalue weighted by Crippen LogP contribution is -2.51. The highest BCUT2D eigenvalue weighted by Gasteiger charge is 2.45. The molecule has 1 amide bonds. The maximum atomic E-state index is 12.9. The molecule has 1 aliphatic carbocycles. The number of carbonyl (C=O) groups is 1. The topological polar surface area (TPSA) is 42.0 Å². The summed E-state index contributed by atoms with van der Waals surface area (Å²) >= 11 is 0. The molecule has 3 fully saturated rings. The van der Waals surface area contributed by atoms with Crippen LogP contribution in [0.3, 0.4) is 0 Å². The Labute approximate surface area is 119 Å². The Hall–Kier alpha value is -0.720. The van der Waals surface area contributed by atoms with Crippen molar-refractivity contribution >= 4 is 5.91 Å². The van der Waals surface area contributed by atoms with Crippen molar-refractivity contribution in [3.63, 3.8) is 0 Å². The molecule has 0 bridgehead atoms. The Balaban J connectivity index is 1.57. The number of ether oxygens (including phenoxy) is 2. The summed E-state index contributed by atoms with van der Waals surface area (Å²) < 4.78 is 23.8. The molecule has 0 aromatic heterocycles. The van der Waals surface area contributed by atoms with E-state index in [2.05, 4.69) is 4.90 Å². The van der Waals surface area contributed by atoms with Crippen LogP contribution < -0.4 is 0 Å². The van der Waals surface area contributed by atoms with E-state index in [0.717, 1.165) is 13.1 Å². The van der Waals surface area contributed by atoms with Crippen molar-refractivity contribution in [3.05, 3.63) is 0 Å². The molecule has 0 aromatic carbocycles. The maximum Gasteiger partial charge on any atom is 0.226 e. The van der Waals surface area contributed by atoms with Crippen LogP contribution in [0.1, 0.15) is 12.8 Å². The van der Waals surface area contributed by atoms with Gasteiger partial charge in [-0.15, -0.1) is 0 Å². The van der Waals surface area contributed by atoms with Gasteiger partial charge in [-0.2, -0.15) is 0 Å². The van der Waals surface area contributed by atoms with Crippen molar-refractivity contribution in [2.24, 2.45) is 5.92 Å². The van der Waals surface area contributed by atoms with Gasteiger partial charge in [0.2, 0.25) is 5.91 Å². The van der Waals surface area contributed by atoms with Crippen molar-refractivity contribution in [1.82, 2.24) is 9.80 Å². The van der Waals surface area contributed by atoms with E-state index in [1.165, 1.54) is 0 Å². The average molecular weight is 286 g/mol. The summed E-state index contributed by atoms with van der Waals surface area (Å²) in [5.74, 6) is 0.0150. The quantitative estimate of drug-likeness (QED) is 0.745. The van der Waals surface area contributed by atoms with E-state index in [-0.39, 0.29) is 24.0 Å². The van der Waals surface area contributed by atoms with Gasteiger partial charge in [0.15, 0.2) is 0 Å². The molecular formula is C14H23FN2O3. The van der Waals surface area contributed by atoms with Crippen molar-refractivity contribution in [2.75, 3.05) is 46.5 Å². The Morgan fingerprint density at radius 2 is 2.20 bits per heavy atom. The van der Waals surface area contributed by atoms with E-state index < -0.39 is 6.17 Å². The molecule has 1 saturated carbocycles. The lowest BCUT2D eigenvalue weighted by Gasteiger charge is -2.36. The van der Waals surface area contributed by atoms with Crippen molar-refractivity contribution < 1.29 is 18.7 Å². The Bertz CT molecular complexity index is 362. The van der Waals surface area contributed by atoms with Gasteiger partial charge in [0, 0.05) is 39.2 Å². The summed E-state index contributed by atoms with van der Waals surface area (Å²) in [6.45, 7) is 4.54. The maximum absolute atomic E-state index is 12.9. The number of nitrogens with zero attached hydrogens (tertiary/aromatic N) is 2. The van der Waals surface area contributed by atoms with Crippen LogP contribution in [0.15, 0.2) is 0 Å². The van der Waals surface area contributed by atoms with E-state index in [0.29, 0.717) is 39.1 Å². The average Bonchev–Trinajstić information content (AvgIpc) is 2.85. The predicted molar refractivity (Wildman–Crippen MR) is 71.2 cm³/mol. The summed E-state index contributed by atoms with van der Waals surface area (Å²) in [6.07, 6.45) is 0.131. The summed E-state index contributed by atoms with van der Waals surface area (Å²) in [5.41, 5.74) is 0. The normalized spacial score (nSPS) is 37.6. The highest BCUT2D eigenvalue weighted by Crippen LogP contribution is 2.33. The van der Waals surface area contributed by atoms with Gasteiger partial charge in [0.05, 0.1) is 25.4 Å². The Morgan fingerprint density at radius 3 is 2.90 bits per heavy atom. The number of alkyl halides is 1. The number of hydrogen-bond donors (Lipinski definition) is 0. The number of likely N-dealkylation sites (tertiary alicyclic amines) is 1. The van der Waals surface area contributed by atoms with Gasteiger partial charge in [-0.3, -0.25) is 9.69 Å². The second kappa shape index (κ2) is 5.95. The SMILES string of the molecule is COCCN1CCO[C@H]2CN(C(=O)C3CC(F)C3)C[C@H]21. The third-order valence-electron chi connectivity index (χ3n) is 4.74. The van der Waals surface area contributed by atoms with Gasteiger partial charge in [0.25, 0.3) is 0 Å². The fourth-order valence-corrected chi connectivity index (χ4v) is 3.43. The molecule has 2 aliphatic heterocycles. The summed E-state index contributed by atoms with van der Waals surface area (Å²) in [5, 5.41) is 0. The predicted octanol–water partition coefficient (Wildman–Crippen LogP) is 0.293. The van der Waals surface area contributed by atoms with Crippen LogP contribution >= 0.6 is 0 Å². The molecule has 6 heteroatoms. The molecule has 0 unspecified atom stereocenters. The van der Waals surface area contributed by atoms with Crippen LogP contribution in [-0.4, -0.2) is 80.5 Å². The largest absolute Gasteiger partial charge is 0.383 e. The number of fused-ring (bicyclic) bond motifs is 1. The van der Waals surface area contributed by atoms with Crippen LogP contribution in [0, 0.1) is 5.92 Å². The first-order chi connectivity index (χ1) is 9.69. The molecule has 2 atom stereocenters. The van der Waals surface area contributed by atoms with Crippen LogP contribution in [-0.2, 0) is 14.3 Å². The molecule has 0 radical (unpaired) electrons. The van der Waals surface area contributed by atoms with Gasteiger partial charge < -0.3 is 14.4 Å². The lowest BCUT2D eigenvalue weighted by molar-refractivity contribution is -0.139. The first-order valence-corrected chi connectivity index (χ1v) is 7.46. The van der Waals surface area contributed by atoms with E-state index >= 15 is 0 Å². The van der Waals surface area contributed by atoms with Gasteiger partial charge in [-0.25, -0.2) is 4.39 Å². The second-order valence-electron chi connectivity index (χ2n) is 6.01. The zero-order valence-electron chi connectivity index (χ0n) is 12.0. The molecule has 3 aliphatic rings. The Kier molecular flexibility index (Phi) is 4.23.